The van der Waals surface area contributed by atoms with E-state index in [1.54, 1.807) is 0 Å². The van der Waals surface area contributed by atoms with Crippen molar-refractivity contribution < 1.29 is 9.90 Å². The molecule has 0 rings (SSSR count). The number of carboxylic acid groups (broad SMARTS) is 1. The molecule has 48 valence electrons. The Bertz CT molecular complexity index is 20.4. The molecule has 0 unspecified atom stereocenters. The van der Waals surface area contributed by atoms with E-state index in [-0.39, 0.29) is 61.1 Å². The molecule has 0 saturated carbocycles. The zero-order valence-electron chi connectivity index (χ0n) is 2.66. The largest absolute Gasteiger partial charge is 0.483 e. The van der Waals surface area contributed by atoms with Crippen molar-refractivity contribution in [3.63, 3.8) is 0 Å². The molecule has 0 aliphatic carbocycles. The van der Waals surface area contributed by atoms with E-state index in [1.165, 1.54) is 0 Å². The highest BCUT2D eigenvalue weighted by atomic mass is 35.5. The van der Waals surface area contributed by atoms with E-state index < -0.39 is 0 Å². The summed E-state index contributed by atoms with van der Waals surface area (Å²) in [6, 6.07) is 0. The molecule has 0 heterocycles. The van der Waals surface area contributed by atoms with Crippen LogP contribution in [0.2, 0.25) is 0 Å². The summed E-state index contributed by atoms with van der Waals surface area (Å²) in [6.07, 6.45) is 0. The number of hydrogen-bond donors (Lipinski definition) is 1. The molecule has 6 heteroatoms. The Morgan fingerprint density at radius 2 is 1.14 bits per heavy atom. The van der Waals surface area contributed by atoms with Crippen molar-refractivity contribution in [2.24, 2.45) is 0 Å². The average Bonchev–Trinajstić information content (AvgIpc) is 0.918. The van der Waals surface area contributed by atoms with E-state index in [4.69, 9.17) is 9.90 Å². The van der Waals surface area contributed by atoms with Gasteiger partial charge in [-0.25, -0.2) is 0 Å². The third-order valence-electron chi connectivity index (χ3n) is 0. The second-order valence-corrected chi connectivity index (χ2v) is 0.105. The topological polar surface area (TPSA) is 37.3 Å². The summed E-state index contributed by atoms with van der Waals surface area (Å²) in [5.74, 6) is 0. The van der Waals surface area contributed by atoms with E-state index in [0.717, 1.165) is 0 Å². The minimum atomic E-state index is -0.250. The zero-order valence-corrected chi connectivity index (χ0v) is 5.11. The van der Waals surface area contributed by atoms with Gasteiger partial charge in [0.2, 0.25) is 0 Å². The molecule has 7 heavy (non-hydrogen) atoms. The molecule has 0 aliphatic heterocycles. The molecule has 0 saturated heterocycles. The summed E-state index contributed by atoms with van der Waals surface area (Å²) in [7, 11) is 0. The highest BCUT2D eigenvalue weighted by molar-refractivity contribution is 5.86. The summed E-state index contributed by atoms with van der Waals surface area (Å²) < 4.78 is 0. The van der Waals surface area contributed by atoms with Crippen LogP contribution < -0.4 is 0 Å². The predicted octanol–water partition coefficient (Wildman–Crippen LogP) is -0.218. The van der Waals surface area contributed by atoms with Crippen molar-refractivity contribution in [2.45, 2.75) is 0 Å². The Morgan fingerprint density at radius 3 is 1.14 bits per heavy atom. The van der Waals surface area contributed by atoms with Crippen molar-refractivity contribution in [3.8, 4) is 0 Å². The Morgan fingerprint density at radius 1 is 1.14 bits per heavy atom. The van der Waals surface area contributed by atoms with Gasteiger partial charge in [-0.3, -0.25) is 4.79 Å². The number of halogens is 3. The maximum absolute atomic E-state index is 8.36. The maximum Gasteiger partial charge on any atom is 0.290 e. The molecule has 0 atom stereocenters. The standard InChI is InChI=1S/CH2O2.Al.3ClH.3H/c2-1-3;;;;;;;/h1H,(H,2,3);;3*1H;;;. The third kappa shape index (κ3) is 214. The maximum atomic E-state index is 8.36. The van der Waals surface area contributed by atoms with Gasteiger partial charge in [-0.05, 0) is 0 Å². The minimum Gasteiger partial charge on any atom is -0.483 e. The minimum absolute atomic E-state index is 0. The Labute approximate surface area is 71.0 Å². The molecule has 0 aromatic rings. The van der Waals surface area contributed by atoms with Gasteiger partial charge in [0, 0.05) is 0 Å². The molecule has 0 aromatic heterocycles. The van der Waals surface area contributed by atoms with E-state index in [0.29, 0.717) is 0 Å². The molecule has 2 nitrogen and oxygen atoms in total. The van der Waals surface area contributed by atoms with Crippen molar-refractivity contribution >= 4 is 61.1 Å². The van der Waals surface area contributed by atoms with Crippen LogP contribution in [0.15, 0.2) is 0 Å². The van der Waals surface area contributed by atoms with Crippen LogP contribution in [0.5, 0.6) is 0 Å². The Hall–Kier alpha value is 0.872. The fourth-order valence-electron chi connectivity index (χ4n) is 0. The monoisotopic (exact) mass is 184 g/mol. The fraction of sp³-hybridized carbons (Fsp3) is 0. The van der Waals surface area contributed by atoms with Crippen molar-refractivity contribution in [1.29, 1.82) is 0 Å². The van der Waals surface area contributed by atoms with Crippen LogP contribution in [0, 0.1) is 0 Å². The molecule has 0 spiro atoms. The quantitative estimate of drug-likeness (QED) is 0.419. The zero-order chi connectivity index (χ0) is 2.71. The molecule has 0 bridgehead atoms. The molecular formula is CH8AlCl3O2. The van der Waals surface area contributed by atoms with Crippen molar-refractivity contribution in [1.82, 2.24) is 0 Å². The lowest BCUT2D eigenvalue weighted by Gasteiger charge is -1.34. The highest BCUT2D eigenvalue weighted by Gasteiger charge is 1.22. The third-order valence-corrected chi connectivity index (χ3v) is 0. The van der Waals surface area contributed by atoms with Crippen LogP contribution in [0.3, 0.4) is 0 Å². The number of hydrogen-bond acceptors (Lipinski definition) is 1. The lowest BCUT2D eigenvalue weighted by Crippen LogP contribution is -1.49. The second kappa shape index (κ2) is 67.6. The summed E-state index contributed by atoms with van der Waals surface area (Å²) >= 11 is 0. The first-order valence-corrected chi connectivity index (χ1v) is 0.494. The molecular weight excluding hydrogens is 177 g/mol. The summed E-state index contributed by atoms with van der Waals surface area (Å²) in [6.45, 7) is -0.250. The number of rotatable bonds is 0. The molecule has 0 aliphatic rings. The lowest BCUT2D eigenvalue weighted by atomic mass is 11.7. The van der Waals surface area contributed by atoms with Crippen LogP contribution in [0.4, 0.5) is 0 Å². The van der Waals surface area contributed by atoms with Crippen LogP contribution >= 0.6 is 37.2 Å². The smallest absolute Gasteiger partial charge is 0.290 e. The molecule has 0 aromatic carbocycles. The molecule has 0 amide bonds. The van der Waals surface area contributed by atoms with Crippen LogP contribution in [0.25, 0.3) is 0 Å². The molecule has 0 fully saturated rings. The second-order valence-electron chi connectivity index (χ2n) is 0.105. The van der Waals surface area contributed by atoms with E-state index in [1.807, 2.05) is 0 Å². The summed E-state index contributed by atoms with van der Waals surface area (Å²) in [5, 5.41) is 6.89. The van der Waals surface area contributed by atoms with Gasteiger partial charge >= 0.3 is 0 Å². The van der Waals surface area contributed by atoms with Crippen LogP contribution in [-0.4, -0.2) is 28.9 Å². The van der Waals surface area contributed by atoms with Crippen LogP contribution in [0.1, 0.15) is 0 Å². The van der Waals surface area contributed by atoms with Crippen molar-refractivity contribution in [3.05, 3.63) is 0 Å². The first kappa shape index (κ1) is 45.1. The summed E-state index contributed by atoms with van der Waals surface area (Å²) in [4.78, 5) is 8.36. The van der Waals surface area contributed by atoms with E-state index in [9.17, 15) is 0 Å². The van der Waals surface area contributed by atoms with Gasteiger partial charge in [0.25, 0.3) is 6.47 Å². The van der Waals surface area contributed by atoms with Gasteiger partial charge in [-0.1, -0.05) is 0 Å². The summed E-state index contributed by atoms with van der Waals surface area (Å²) in [5.41, 5.74) is 0. The van der Waals surface area contributed by atoms with Gasteiger partial charge in [-0.2, -0.15) is 0 Å². The predicted molar refractivity (Wildman–Crippen MR) is 40.4 cm³/mol. The Balaban J connectivity index is -0.00000000333. The fourth-order valence-corrected chi connectivity index (χ4v) is 0. The van der Waals surface area contributed by atoms with E-state index in [2.05, 4.69) is 0 Å². The first-order valence-electron chi connectivity index (χ1n) is 0.494. The number of carbonyl (C=O) groups is 1. The van der Waals surface area contributed by atoms with Gasteiger partial charge in [0.05, 0.1) is 0 Å². The van der Waals surface area contributed by atoms with Crippen molar-refractivity contribution in [2.75, 3.05) is 0 Å². The SMILES string of the molecule is Cl.Cl.Cl.O=CO.[AlH3]. The normalized spacial score (nSPS) is 1.71. The Kier molecular flexibility index (Phi) is 435. The molecule has 0 radical (unpaired) electrons. The van der Waals surface area contributed by atoms with Gasteiger partial charge < -0.3 is 5.11 Å². The molecule has 1 N–H and O–H groups in total. The lowest BCUT2D eigenvalue weighted by molar-refractivity contribution is -0.122. The highest BCUT2D eigenvalue weighted by Crippen LogP contribution is 0.966. The first-order chi connectivity index (χ1) is 1.41. The van der Waals surface area contributed by atoms with Gasteiger partial charge in [-0.15, -0.1) is 37.2 Å². The van der Waals surface area contributed by atoms with Crippen LogP contribution in [-0.2, 0) is 4.79 Å². The van der Waals surface area contributed by atoms with E-state index >= 15 is 0 Å². The van der Waals surface area contributed by atoms with Gasteiger partial charge in [0.15, 0.2) is 17.4 Å². The van der Waals surface area contributed by atoms with Gasteiger partial charge in [0.1, 0.15) is 0 Å². The average molecular weight is 185 g/mol.